The third-order valence-electron chi connectivity index (χ3n) is 1.92. The monoisotopic (exact) mass is 156 g/mol. The zero-order chi connectivity index (χ0) is 9.07. The predicted molar refractivity (Wildman–Crippen MR) is 38.8 cm³/mol. The van der Waals surface area contributed by atoms with E-state index >= 15 is 0 Å². The van der Waals surface area contributed by atoms with Gasteiger partial charge < -0.3 is 4.84 Å². The van der Waals surface area contributed by atoms with E-state index in [2.05, 4.69) is 10.7 Å². The molecule has 1 atom stereocenters. The summed E-state index contributed by atoms with van der Waals surface area (Å²) in [7, 11) is 0. The molecule has 4 nitrogen and oxygen atoms in total. The molecule has 1 unspecified atom stereocenters. The van der Waals surface area contributed by atoms with Crippen molar-refractivity contribution in [2.75, 3.05) is 0 Å². The minimum atomic E-state index is -1.13. The molecule has 0 aromatic rings. The smallest absolute Gasteiger partial charge is 0.344 e. The largest absolute Gasteiger partial charge is 0.372 e. The fraction of sp³-hybridized carbons (Fsp3) is 0.714. The van der Waals surface area contributed by atoms with E-state index in [-0.39, 0.29) is 5.92 Å². The molecule has 0 saturated carbocycles. The molecule has 0 aliphatic rings. The van der Waals surface area contributed by atoms with Crippen molar-refractivity contribution in [3.05, 3.63) is 0 Å². The summed E-state index contributed by atoms with van der Waals surface area (Å²) in [5.74, 6) is 3.88. The number of nitrogens with two attached hydrogens (primary N) is 1. The maximum Gasteiger partial charge on any atom is 0.344 e. The first-order valence-electron chi connectivity index (χ1n) is 3.31. The van der Waals surface area contributed by atoms with E-state index in [0.717, 1.165) is 0 Å². The SMILES string of the molecule is CC(C)C(C)(C#N)C(=O)ON. The molecule has 0 aromatic heterocycles. The van der Waals surface area contributed by atoms with Gasteiger partial charge in [-0.15, -0.1) is 0 Å². The standard InChI is InChI=1S/C7H12N2O2/c1-5(2)7(3,4-8)6(10)11-9/h5H,9H2,1-3H3. The molecule has 11 heavy (non-hydrogen) atoms. The Morgan fingerprint density at radius 2 is 2.18 bits per heavy atom. The normalized spacial score (nSPS) is 15.3. The molecule has 0 heterocycles. The average Bonchev–Trinajstić information content (AvgIpc) is 2.01. The Balaban J connectivity index is 4.64. The molecule has 2 N–H and O–H groups in total. The highest BCUT2D eigenvalue weighted by molar-refractivity contribution is 5.79. The van der Waals surface area contributed by atoms with E-state index in [1.54, 1.807) is 13.8 Å². The Labute approximate surface area is 65.9 Å². The molecule has 0 spiro atoms. The summed E-state index contributed by atoms with van der Waals surface area (Å²) >= 11 is 0. The summed E-state index contributed by atoms with van der Waals surface area (Å²) in [4.78, 5) is 14.9. The molecular weight excluding hydrogens is 144 g/mol. The van der Waals surface area contributed by atoms with Gasteiger partial charge >= 0.3 is 5.97 Å². The van der Waals surface area contributed by atoms with Crippen LogP contribution in [0.25, 0.3) is 0 Å². The highest BCUT2D eigenvalue weighted by Gasteiger charge is 2.38. The van der Waals surface area contributed by atoms with Gasteiger partial charge in [-0.05, 0) is 12.8 Å². The van der Waals surface area contributed by atoms with Gasteiger partial charge in [-0.3, -0.25) is 0 Å². The van der Waals surface area contributed by atoms with Gasteiger partial charge in [0.05, 0.1) is 6.07 Å². The fourth-order valence-electron chi connectivity index (χ4n) is 0.533. The predicted octanol–water partition coefficient (Wildman–Crippen LogP) is 0.589. The number of hydrogen-bond donors (Lipinski definition) is 1. The van der Waals surface area contributed by atoms with E-state index in [9.17, 15) is 4.79 Å². The van der Waals surface area contributed by atoms with Crippen molar-refractivity contribution in [1.82, 2.24) is 0 Å². The number of carbonyl (C=O) groups excluding carboxylic acids is 1. The van der Waals surface area contributed by atoms with Gasteiger partial charge in [0.1, 0.15) is 0 Å². The van der Waals surface area contributed by atoms with Crippen molar-refractivity contribution >= 4 is 5.97 Å². The first kappa shape index (κ1) is 9.92. The zero-order valence-electron chi connectivity index (χ0n) is 6.92. The van der Waals surface area contributed by atoms with Gasteiger partial charge in [-0.1, -0.05) is 13.8 Å². The number of nitriles is 1. The van der Waals surface area contributed by atoms with Crippen molar-refractivity contribution in [2.45, 2.75) is 20.8 Å². The quantitative estimate of drug-likeness (QED) is 0.593. The van der Waals surface area contributed by atoms with Gasteiger partial charge in [0, 0.05) is 0 Å². The minimum Gasteiger partial charge on any atom is -0.372 e. The molecule has 0 fully saturated rings. The second-order valence-electron chi connectivity index (χ2n) is 2.87. The van der Waals surface area contributed by atoms with Gasteiger partial charge in [-0.25, -0.2) is 4.79 Å². The van der Waals surface area contributed by atoms with Crippen LogP contribution in [0.3, 0.4) is 0 Å². The van der Waals surface area contributed by atoms with E-state index in [1.165, 1.54) is 6.92 Å². The summed E-state index contributed by atoms with van der Waals surface area (Å²) in [6.45, 7) is 5.03. The molecule has 0 rings (SSSR count). The number of carbonyl (C=O) groups is 1. The minimum absolute atomic E-state index is 0.108. The van der Waals surface area contributed by atoms with Crippen LogP contribution >= 0.6 is 0 Å². The van der Waals surface area contributed by atoms with Crippen LogP contribution in [0.2, 0.25) is 0 Å². The zero-order valence-corrected chi connectivity index (χ0v) is 6.92. The first-order valence-corrected chi connectivity index (χ1v) is 3.31. The first-order chi connectivity index (χ1) is 4.99. The molecular formula is C7H12N2O2. The van der Waals surface area contributed by atoms with E-state index in [4.69, 9.17) is 5.26 Å². The van der Waals surface area contributed by atoms with E-state index in [1.807, 2.05) is 6.07 Å². The molecule has 4 heteroatoms. The lowest BCUT2D eigenvalue weighted by atomic mass is 9.81. The highest BCUT2D eigenvalue weighted by Crippen LogP contribution is 2.26. The van der Waals surface area contributed by atoms with Gasteiger partial charge in [0.25, 0.3) is 0 Å². The summed E-state index contributed by atoms with van der Waals surface area (Å²) < 4.78 is 0. The van der Waals surface area contributed by atoms with Crippen LogP contribution in [0.1, 0.15) is 20.8 Å². The average molecular weight is 156 g/mol. The maximum atomic E-state index is 10.9. The van der Waals surface area contributed by atoms with E-state index < -0.39 is 11.4 Å². The third kappa shape index (κ3) is 1.69. The van der Waals surface area contributed by atoms with Crippen molar-refractivity contribution in [1.29, 1.82) is 5.26 Å². The van der Waals surface area contributed by atoms with Crippen LogP contribution in [0.5, 0.6) is 0 Å². The maximum absolute atomic E-state index is 10.9. The van der Waals surface area contributed by atoms with Gasteiger partial charge in [-0.2, -0.15) is 11.2 Å². The van der Waals surface area contributed by atoms with Gasteiger partial charge in [0.2, 0.25) is 0 Å². The summed E-state index contributed by atoms with van der Waals surface area (Å²) in [6.07, 6.45) is 0. The second kappa shape index (κ2) is 3.35. The Morgan fingerprint density at radius 3 is 2.27 bits per heavy atom. The third-order valence-corrected chi connectivity index (χ3v) is 1.92. The van der Waals surface area contributed by atoms with Crippen molar-refractivity contribution < 1.29 is 9.63 Å². The van der Waals surface area contributed by atoms with E-state index in [0.29, 0.717) is 0 Å². The molecule has 62 valence electrons. The summed E-state index contributed by atoms with van der Waals surface area (Å²) in [5, 5.41) is 8.65. The topological polar surface area (TPSA) is 76.1 Å². The molecule has 0 aromatic carbocycles. The summed E-state index contributed by atoms with van der Waals surface area (Å²) in [5.41, 5.74) is -1.13. The van der Waals surface area contributed by atoms with Crippen molar-refractivity contribution in [3.63, 3.8) is 0 Å². The Morgan fingerprint density at radius 1 is 1.73 bits per heavy atom. The summed E-state index contributed by atoms with van der Waals surface area (Å²) in [6, 6.07) is 1.87. The molecule has 0 amide bonds. The Kier molecular flexibility index (Phi) is 3.02. The highest BCUT2D eigenvalue weighted by atomic mass is 16.7. The fourth-order valence-corrected chi connectivity index (χ4v) is 0.533. The lowest BCUT2D eigenvalue weighted by Gasteiger charge is -2.21. The van der Waals surface area contributed by atoms with Crippen LogP contribution in [0, 0.1) is 22.7 Å². The Bertz CT molecular complexity index is 195. The number of hydrogen-bond acceptors (Lipinski definition) is 4. The molecule has 0 radical (unpaired) electrons. The van der Waals surface area contributed by atoms with Crippen molar-refractivity contribution in [2.24, 2.45) is 17.2 Å². The lowest BCUT2D eigenvalue weighted by Crippen LogP contribution is -2.35. The molecule has 0 aliphatic heterocycles. The Hall–Kier alpha value is -1.08. The number of nitrogens with zero attached hydrogens (tertiary/aromatic N) is 1. The second-order valence-corrected chi connectivity index (χ2v) is 2.87. The van der Waals surface area contributed by atoms with Crippen LogP contribution in [-0.4, -0.2) is 5.97 Å². The van der Waals surface area contributed by atoms with Crippen LogP contribution < -0.4 is 5.90 Å². The molecule has 0 aliphatic carbocycles. The molecule has 0 bridgehead atoms. The van der Waals surface area contributed by atoms with Gasteiger partial charge in [0.15, 0.2) is 5.41 Å². The lowest BCUT2D eigenvalue weighted by molar-refractivity contribution is -0.154. The van der Waals surface area contributed by atoms with Crippen LogP contribution in [-0.2, 0) is 9.63 Å². The van der Waals surface area contributed by atoms with Crippen LogP contribution in [0.4, 0.5) is 0 Å². The van der Waals surface area contributed by atoms with Crippen molar-refractivity contribution in [3.8, 4) is 6.07 Å². The number of rotatable bonds is 2. The van der Waals surface area contributed by atoms with Crippen LogP contribution in [0.15, 0.2) is 0 Å². The molecule has 0 saturated heterocycles.